The molecule has 0 radical (unpaired) electrons. The molecular formula is C8H12N2O2. The van der Waals surface area contributed by atoms with Crippen LogP contribution in [0, 0.1) is 0 Å². The number of nitrogens with zero attached hydrogens (tertiary/aromatic N) is 1. The Morgan fingerprint density at radius 1 is 1.58 bits per heavy atom. The molecule has 0 aliphatic rings. The first-order chi connectivity index (χ1) is 5.86. The van der Waals surface area contributed by atoms with Crippen LogP contribution in [0.15, 0.2) is 18.3 Å². The Hall–Kier alpha value is -1.13. The maximum Gasteiger partial charge on any atom is 0.122 e. The highest BCUT2D eigenvalue weighted by Crippen LogP contribution is 2.09. The van der Waals surface area contributed by atoms with Gasteiger partial charge in [0.05, 0.1) is 12.3 Å². The van der Waals surface area contributed by atoms with Gasteiger partial charge in [0.15, 0.2) is 0 Å². The molecule has 1 heterocycles. The van der Waals surface area contributed by atoms with Crippen molar-refractivity contribution < 1.29 is 9.84 Å². The van der Waals surface area contributed by atoms with Gasteiger partial charge in [-0.2, -0.15) is 0 Å². The minimum atomic E-state index is 0.0142. The zero-order valence-electron chi connectivity index (χ0n) is 6.73. The molecule has 1 rings (SSSR count). The Kier molecular flexibility index (Phi) is 3.50. The van der Waals surface area contributed by atoms with E-state index in [0.29, 0.717) is 18.9 Å². The van der Waals surface area contributed by atoms with Gasteiger partial charge < -0.3 is 15.6 Å². The number of aromatic nitrogens is 1. The summed E-state index contributed by atoms with van der Waals surface area (Å²) in [6.45, 7) is 0.713. The molecule has 4 nitrogen and oxygen atoms in total. The summed E-state index contributed by atoms with van der Waals surface area (Å²) in [6, 6.07) is 3.49. The predicted molar refractivity (Wildman–Crippen MR) is 44.7 cm³/mol. The number of aliphatic hydroxyl groups is 1. The fourth-order valence-corrected chi connectivity index (χ4v) is 0.821. The molecule has 4 heteroatoms. The first kappa shape index (κ1) is 8.96. The van der Waals surface area contributed by atoms with Crippen LogP contribution in [0.5, 0.6) is 5.75 Å². The molecule has 0 unspecified atom stereocenters. The maximum atomic E-state index is 8.49. The van der Waals surface area contributed by atoms with E-state index in [9.17, 15) is 0 Å². The van der Waals surface area contributed by atoms with Crippen LogP contribution in [0.3, 0.4) is 0 Å². The molecule has 12 heavy (non-hydrogen) atoms. The Labute approximate surface area is 71.0 Å². The van der Waals surface area contributed by atoms with Crippen LogP contribution < -0.4 is 10.5 Å². The number of hydrogen-bond donors (Lipinski definition) is 2. The second-order valence-electron chi connectivity index (χ2n) is 2.26. The van der Waals surface area contributed by atoms with Gasteiger partial charge in [-0.05, 0) is 6.07 Å². The number of nitrogens with two attached hydrogens (primary N) is 1. The quantitative estimate of drug-likeness (QED) is 0.659. The average Bonchev–Trinajstić information content (AvgIpc) is 2.15. The number of ether oxygens (including phenoxy) is 1. The van der Waals surface area contributed by atoms with E-state index in [-0.39, 0.29) is 6.61 Å². The summed E-state index contributed by atoms with van der Waals surface area (Å²) < 4.78 is 5.15. The lowest BCUT2D eigenvalue weighted by Gasteiger charge is -2.04. The highest BCUT2D eigenvalue weighted by atomic mass is 16.5. The van der Waals surface area contributed by atoms with E-state index in [2.05, 4.69) is 4.98 Å². The maximum absolute atomic E-state index is 8.49. The van der Waals surface area contributed by atoms with E-state index in [4.69, 9.17) is 15.6 Å². The van der Waals surface area contributed by atoms with Crippen LogP contribution in [0.4, 0.5) is 0 Å². The number of aliphatic hydroxyl groups excluding tert-OH is 1. The smallest absolute Gasteiger partial charge is 0.122 e. The molecule has 66 valence electrons. The van der Waals surface area contributed by atoms with Crippen molar-refractivity contribution in [1.82, 2.24) is 4.98 Å². The van der Waals surface area contributed by atoms with Gasteiger partial charge in [-0.25, -0.2) is 0 Å². The summed E-state index contributed by atoms with van der Waals surface area (Å²) in [7, 11) is 0. The molecule has 0 aliphatic carbocycles. The Bertz CT molecular complexity index is 240. The average molecular weight is 168 g/mol. The molecule has 0 saturated heterocycles. The molecule has 0 spiro atoms. The van der Waals surface area contributed by atoms with Crippen molar-refractivity contribution >= 4 is 0 Å². The van der Waals surface area contributed by atoms with Gasteiger partial charge in [-0.3, -0.25) is 4.98 Å². The molecule has 0 bridgehead atoms. The largest absolute Gasteiger partial charge is 0.491 e. The third kappa shape index (κ3) is 2.48. The van der Waals surface area contributed by atoms with Gasteiger partial charge >= 0.3 is 0 Å². The summed E-state index contributed by atoms with van der Waals surface area (Å²) in [5.41, 5.74) is 6.16. The Morgan fingerprint density at radius 3 is 3.08 bits per heavy atom. The highest BCUT2D eigenvalue weighted by Gasteiger charge is 1.94. The minimum absolute atomic E-state index is 0.0142. The van der Waals surface area contributed by atoms with E-state index in [1.807, 2.05) is 0 Å². The molecular weight excluding hydrogens is 156 g/mol. The second kappa shape index (κ2) is 4.69. The molecule has 0 aliphatic heterocycles. The Balaban J connectivity index is 2.60. The number of hydrogen-bond acceptors (Lipinski definition) is 4. The predicted octanol–water partition coefficient (Wildman–Crippen LogP) is -0.0886. The molecule has 0 atom stereocenters. The summed E-state index contributed by atoms with van der Waals surface area (Å²) in [6.07, 6.45) is 1.63. The lowest BCUT2D eigenvalue weighted by molar-refractivity contribution is 0.201. The van der Waals surface area contributed by atoms with Crippen molar-refractivity contribution in [2.45, 2.75) is 6.54 Å². The Morgan fingerprint density at radius 2 is 2.42 bits per heavy atom. The lowest BCUT2D eigenvalue weighted by atomic mass is 10.3. The molecule has 0 saturated carbocycles. The third-order valence-corrected chi connectivity index (χ3v) is 1.36. The highest BCUT2D eigenvalue weighted by molar-refractivity contribution is 5.22. The van der Waals surface area contributed by atoms with Crippen LogP contribution in [0.25, 0.3) is 0 Å². The van der Waals surface area contributed by atoms with Gasteiger partial charge in [0.25, 0.3) is 0 Å². The van der Waals surface area contributed by atoms with Crippen LogP contribution >= 0.6 is 0 Å². The van der Waals surface area contributed by atoms with E-state index in [1.165, 1.54) is 0 Å². The zero-order valence-corrected chi connectivity index (χ0v) is 6.73. The number of rotatable bonds is 4. The summed E-state index contributed by atoms with van der Waals surface area (Å²) in [5.74, 6) is 0.694. The fourth-order valence-electron chi connectivity index (χ4n) is 0.821. The SMILES string of the molecule is NCc1cc(OCCO)ccn1. The molecule has 1 aromatic heterocycles. The van der Waals surface area contributed by atoms with Gasteiger partial charge in [-0.15, -0.1) is 0 Å². The van der Waals surface area contributed by atoms with E-state index in [1.54, 1.807) is 18.3 Å². The standard InChI is InChI=1S/C8H12N2O2/c9-6-7-5-8(1-2-10-7)12-4-3-11/h1-2,5,11H,3-4,6,9H2. The third-order valence-electron chi connectivity index (χ3n) is 1.36. The van der Waals surface area contributed by atoms with Crippen LogP contribution in [0.1, 0.15) is 5.69 Å². The van der Waals surface area contributed by atoms with Crippen molar-refractivity contribution in [3.8, 4) is 5.75 Å². The van der Waals surface area contributed by atoms with Crippen LogP contribution in [-0.4, -0.2) is 23.3 Å². The first-order valence-electron chi connectivity index (χ1n) is 3.75. The van der Waals surface area contributed by atoms with Crippen molar-refractivity contribution in [3.05, 3.63) is 24.0 Å². The monoisotopic (exact) mass is 168 g/mol. The minimum Gasteiger partial charge on any atom is -0.491 e. The molecule has 0 fully saturated rings. The molecule has 3 N–H and O–H groups in total. The van der Waals surface area contributed by atoms with Crippen LogP contribution in [-0.2, 0) is 6.54 Å². The fraction of sp³-hybridized carbons (Fsp3) is 0.375. The summed E-state index contributed by atoms with van der Waals surface area (Å²) in [4.78, 5) is 4.00. The summed E-state index contributed by atoms with van der Waals surface area (Å²) in [5, 5.41) is 8.49. The van der Waals surface area contributed by atoms with Crippen molar-refractivity contribution in [2.75, 3.05) is 13.2 Å². The van der Waals surface area contributed by atoms with Crippen molar-refractivity contribution in [2.24, 2.45) is 5.73 Å². The lowest BCUT2D eigenvalue weighted by Crippen LogP contribution is -2.04. The van der Waals surface area contributed by atoms with E-state index < -0.39 is 0 Å². The normalized spacial score (nSPS) is 9.83. The first-order valence-corrected chi connectivity index (χ1v) is 3.75. The van der Waals surface area contributed by atoms with Gasteiger partial charge in [-0.1, -0.05) is 0 Å². The molecule has 1 aromatic rings. The zero-order chi connectivity index (χ0) is 8.81. The van der Waals surface area contributed by atoms with Gasteiger partial charge in [0.2, 0.25) is 0 Å². The topological polar surface area (TPSA) is 68.4 Å². The van der Waals surface area contributed by atoms with Crippen molar-refractivity contribution in [1.29, 1.82) is 0 Å². The van der Waals surface area contributed by atoms with Gasteiger partial charge in [0.1, 0.15) is 12.4 Å². The van der Waals surface area contributed by atoms with Crippen LogP contribution in [0.2, 0.25) is 0 Å². The van der Waals surface area contributed by atoms with E-state index in [0.717, 1.165) is 5.69 Å². The summed E-state index contributed by atoms with van der Waals surface area (Å²) >= 11 is 0. The molecule has 0 amide bonds. The molecule has 0 aromatic carbocycles. The van der Waals surface area contributed by atoms with Gasteiger partial charge in [0, 0.05) is 18.8 Å². The second-order valence-corrected chi connectivity index (χ2v) is 2.26. The van der Waals surface area contributed by atoms with Crippen molar-refractivity contribution in [3.63, 3.8) is 0 Å². The number of pyridine rings is 1. The van der Waals surface area contributed by atoms with E-state index >= 15 is 0 Å².